The molecule has 5 aromatic carbocycles. The molecule has 0 heterocycles. The fourth-order valence-corrected chi connectivity index (χ4v) is 4.71. The van der Waals surface area contributed by atoms with E-state index in [9.17, 15) is 14.7 Å². The summed E-state index contributed by atoms with van der Waals surface area (Å²) in [6.45, 7) is 0. The summed E-state index contributed by atoms with van der Waals surface area (Å²) >= 11 is 0. The van der Waals surface area contributed by atoms with Crippen LogP contribution in [0, 0.1) is 11.8 Å². The zero-order chi connectivity index (χ0) is 33.3. The molecule has 0 aliphatic heterocycles. The highest BCUT2D eigenvalue weighted by Crippen LogP contribution is 2.40. The van der Waals surface area contributed by atoms with Crippen molar-refractivity contribution in [1.82, 2.24) is 0 Å². The Morgan fingerprint density at radius 2 is 1.19 bits per heavy atom. The number of methoxy groups -OCH3 is 4. The van der Waals surface area contributed by atoms with Gasteiger partial charge in [0.25, 0.3) is 5.91 Å². The molecule has 0 aliphatic carbocycles. The first kappa shape index (κ1) is 32.0. The van der Waals surface area contributed by atoms with E-state index in [1.807, 2.05) is 18.2 Å². The lowest BCUT2D eigenvalue weighted by Gasteiger charge is -2.26. The molecule has 9 nitrogen and oxygen atoms in total. The quantitative estimate of drug-likeness (QED) is 0.105. The van der Waals surface area contributed by atoms with Crippen molar-refractivity contribution in [3.05, 3.63) is 131 Å². The van der Waals surface area contributed by atoms with Crippen LogP contribution in [0.1, 0.15) is 31.8 Å². The van der Waals surface area contributed by atoms with Gasteiger partial charge in [-0.05, 0) is 78.9 Å². The number of rotatable bonds is 9. The van der Waals surface area contributed by atoms with Crippen molar-refractivity contribution in [2.24, 2.45) is 0 Å². The van der Waals surface area contributed by atoms with Crippen LogP contribution in [0.2, 0.25) is 0 Å². The van der Waals surface area contributed by atoms with E-state index in [2.05, 4.69) is 11.8 Å². The fourth-order valence-electron chi connectivity index (χ4n) is 4.71. The van der Waals surface area contributed by atoms with E-state index in [1.165, 1.54) is 39.4 Å². The van der Waals surface area contributed by atoms with Gasteiger partial charge in [0.05, 0.1) is 45.3 Å². The van der Waals surface area contributed by atoms with Crippen LogP contribution in [0.4, 0.5) is 11.4 Å². The van der Waals surface area contributed by atoms with Gasteiger partial charge in [0, 0.05) is 28.9 Å². The summed E-state index contributed by atoms with van der Waals surface area (Å²) in [6.07, 6.45) is 0. The highest BCUT2D eigenvalue weighted by atomic mass is 16.5. The lowest BCUT2D eigenvalue weighted by atomic mass is 10.1. The van der Waals surface area contributed by atoms with E-state index in [1.54, 1.807) is 84.9 Å². The lowest BCUT2D eigenvalue weighted by Crippen LogP contribution is -2.27. The highest BCUT2D eigenvalue weighted by molar-refractivity contribution is 6.13. The monoisotopic (exact) mass is 629 g/mol. The number of ether oxygens (including phenoxy) is 5. The fraction of sp³-hybridized carbons (Fsp3) is 0.105. The van der Waals surface area contributed by atoms with Crippen molar-refractivity contribution < 1.29 is 38.4 Å². The van der Waals surface area contributed by atoms with Gasteiger partial charge < -0.3 is 28.8 Å². The molecule has 5 aromatic rings. The average Bonchev–Trinajstić information content (AvgIpc) is 3.11. The average molecular weight is 630 g/mol. The van der Waals surface area contributed by atoms with Crippen LogP contribution in [0.5, 0.6) is 34.5 Å². The van der Waals surface area contributed by atoms with E-state index in [-0.39, 0.29) is 28.4 Å². The minimum atomic E-state index is -0.614. The van der Waals surface area contributed by atoms with Gasteiger partial charge >= 0.3 is 5.97 Å². The second kappa shape index (κ2) is 14.6. The largest absolute Gasteiger partial charge is 0.508 e. The summed E-state index contributed by atoms with van der Waals surface area (Å²) in [5, 5.41) is 9.43. The Labute approximate surface area is 272 Å². The number of amides is 1. The van der Waals surface area contributed by atoms with Gasteiger partial charge in [-0.15, -0.1) is 0 Å². The van der Waals surface area contributed by atoms with Crippen molar-refractivity contribution >= 4 is 23.3 Å². The summed E-state index contributed by atoms with van der Waals surface area (Å²) in [5.41, 5.74) is 2.85. The number of hydrogen-bond donors (Lipinski definition) is 1. The molecule has 0 aliphatic rings. The van der Waals surface area contributed by atoms with E-state index in [4.69, 9.17) is 23.7 Å². The first-order valence-electron chi connectivity index (χ1n) is 14.4. The molecule has 0 radical (unpaired) electrons. The highest BCUT2D eigenvalue weighted by Gasteiger charge is 2.28. The van der Waals surface area contributed by atoms with Crippen LogP contribution >= 0.6 is 0 Å². The number of carbonyl (C=O) groups is 2. The van der Waals surface area contributed by atoms with Crippen LogP contribution in [-0.2, 0) is 0 Å². The number of aromatic hydroxyl groups is 1. The van der Waals surface area contributed by atoms with Gasteiger partial charge in [0.15, 0.2) is 11.5 Å². The Morgan fingerprint density at radius 3 is 1.79 bits per heavy atom. The van der Waals surface area contributed by atoms with Crippen molar-refractivity contribution in [1.29, 1.82) is 0 Å². The minimum Gasteiger partial charge on any atom is -0.508 e. The minimum absolute atomic E-state index is 0.172. The van der Waals surface area contributed by atoms with Gasteiger partial charge in [0.2, 0.25) is 0 Å². The van der Waals surface area contributed by atoms with Crippen molar-refractivity contribution in [2.75, 3.05) is 33.3 Å². The Hall–Kier alpha value is -6.40. The number of hydrogen-bond acceptors (Lipinski definition) is 8. The molecule has 0 unspecified atom stereocenters. The number of esters is 1. The maximum Gasteiger partial charge on any atom is 0.343 e. The van der Waals surface area contributed by atoms with Gasteiger partial charge in [-0.25, -0.2) is 4.79 Å². The zero-order valence-electron chi connectivity index (χ0n) is 26.1. The zero-order valence-corrected chi connectivity index (χ0v) is 26.1. The molecule has 0 fully saturated rings. The second-order valence-corrected chi connectivity index (χ2v) is 9.98. The van der Waals surface area contributed by atoms with E-state index < -0.39 is 11.9 Å². The van der Waals surface area contributed by atoms with Gasteiger partial charge in [-0.3, -0.25) is 9.69 Å². The summed E-state index contributed by atoms with van der Waals surface area (Å²) in [7, 11) is 5.90. The molecule has 0 spiro atoms. The molecule has 5 rings (SSSR count). The topological polar surface area (TPSA) is 104 Å². The molecular weight excluding hydrogens is 598 g/mol. The lowest BCUT2D eigenvalue weighted by molar-refractivity contribution is 0.0734. The van der Waals surface area contributed by atoms with Crippen LogP contribution in [0.25, 0.3) is 0 Å². The number of phenols is 1. The Morgan fingerprint density at radius 1 is 0.617 bits per heavy atom. The van der Waals surface area contributed by atoms with Crippen LogP contribution in [-0.4, -0.2) is 45.4 Å². The Bertz CT molecular complexity index is 1940. The van der Waals surface area contributed by atoms with Crippen LogP contribution < -0.4 is 28.6 Å². The Kier molecular flexibility index (Phi) is 9.93. The third kappa shape index (κ3) is 7.30. The molecule has 0 bridgehead atoms. The summed E-state index contributed by atoms with van der Waals surface area (Å²) in [4.78, 5) is 28.9. The molecule has 0 saturated carbocycles. The van der Waals surface area contributed by atoms with E-state index in [0.29, 0.717) is 28.6 Å². The molecular formula is C38H31NO8. The molecule has 236 valence electrons. The maximum absolute atomic E-state index is 14.3. The summed E-state index contributed by atoms with van der Waals surface area (Å²) in [6, 6.07) is 30.2. The molecule has 9 heteroatoms. The molecule has 1 N–H and O–H groups in total. The number of carbonyl (C=O) groups excluding carboxylic acids is 2. The number of para-hydroxylation sites is 1. The van der Waals surface area contributed by atoms with E-state index >= 15 is 0 Å². The number of phenolic OH excluding ortho intramolecular Hbond substituents is 1. The number of nitrogens with zero attached hydrogens (tertiary/aromatic N) is 1. The van der Waals surface area contributed by atoms with Crippen molar-refractivity contribution in [3.8, 4) is 46.3 Å². The number of anilines is 2. The van der Waals surface area contributed by atoms with E-state index in [0.717, 1.165) is 11.1 Å². The second-order valence-electron chi connectivity index (χ2n) is 9.98. The molecule has 0 aromatic heterocycles. The van der Waals surface area contributed by atoms with Crippen molar-refractivity contribution in [3.63, 3.8) is 0 Å². The van der Waals surface area contributed by atoms with Gasteiger partial charge in [-0.2, -0.15) is 0 Å². The standard InChI is InChI=1S/C38H31NO8/c1-43-33-24-36(46-4)35(45-3)23-31(33)37(41)39(28-8-6-5-7-9-28)32-21-16-27(22-34(32)44-2)38(42)47-30-19-14-26(15-20-30)11-10-25-12-17-29(40)18-13-25/h5-9,12-24,40H,1-4H3. The van der Waals surface area contributed by atoms with Gasteiger partial charge in [0.1, 0.15) is 23.0 Å². The van der Waals surface area contributed by atoms with Gasteiger partial charge in [-0.1, -0.05) is 30.0 Å². The SMILES string of the molecule is COc1cc(OC)c(C(=O)N(c2ccccc2)c2ccc(C(=O)Oc3ccc(C#Cc4ccc(O)cc4)cc3)cc2OC)cc1OC. The smallest absolute Gasteiger partial charge is 0.343 e. The predicted molar refractivity (Wildman–Crippen MR) is 177 cm³/mol. The first-order chi connectivity index (χ1) is 22.8. The normalized spacial score (nSPS) is 10.2. The van der Waals surface area contributed by atoms with Crippen LogP contribution in [0.3, 0.4) is 0 Å². The molecule has 0 saturated heterocycles. The Balaban J connectivity index is 1.43. The third-order valence-electron chi connectivity index (χ3n) is 7.09. The maximum atomic E-state index is 14.3. The molecule has 1 amide bonds. The van der Waals surface area contributed by atoms with Crippen molar-refractivity contribution in [2.45, 2.75) is 0 Å². The summed E-state index contributed by atoms with van der Waals surface area (Å²) in [5.74, 6) is 6.81. The molecule has 47 heavy (non-hydrogen) atoms. The molecule has 0 atom stereocenters. The van der Waals surface area contributed by atoms with Crippen LogP contribution in [0.15, 0.2) is 109 Å². The summed E-state index contributed by atoms with van der Waals surface area (Å²) < 4.78 is 27.7. The first-order valence-corrected chi connectivity index (χ1v) is 14.4. The third-order valence-corrected chi connectivity index (χ3v) is 7.09. The predicted octanol–water partition coefficient (Wildman–Crippen LogP) is 7.02. The number of benzene rings is 5.